The summed E-state index contributed by atoms with van der Waals surface area (Å²) in [5.41, 5.74) is 5.83. The molecule has 1 aromatic heterocycles. The average Bonchev–Trinajstić information content (AvgIpc) is 2.38. The second kappa shape index (κ2) is 3.49. The Morgan fingerprint density at radius 2 is 2.07 bits per heavy atom. The molecule has 1 aromatic rings. The van der Waals surface area contributed by atoms with Crippen LogP contribution in [0.4, 0.5) is 13.2 Å². The summed E-state index contributed by atoms with van der Waals surface area (Å²) in [6.45, 7) is 1.54. The van der Waals surface area contributed by atoms with Crippen LogP contribution < -0.4 is 5.73 Å². The molecule has 0 amide bonds. The first-order valence-electron chi connectivity index (χ1n) is 4.83. The van der Waals surface area contributed by atoms with E-state index in [4.69, 9.17) is 5.73 Å². The quantitative estimate of drug-likeness (QED) is 0.735. The fourth-order valence-corrected chi connectivity index (χ4v) is 3.45. The molecule has 1 aliphatic rings. The first-order chi connectivity index (χ1) is 6.89. The Morgan fingerprint density at radius 3 is 2.67 bits per heavy atom. The topological polar surface area (TPSA) is 26.0 Å². The molecule has 1 nitrogen and oxygen atoms in total. The number of nitrogens with two attached hydrogens (primary N) is 1. The first-order valence-corrected chi connectivity index (χ1v) is 5.65. The van der Waals surface area contributed by atoms with Gasteiger partial charge in [0, 0.05) is 15.8 Å². The number of alkyl halides is 3. The van der Waals surface area contributed by atoms with Crippen LogP contribution in [-0.4, -0.2) is 6.04 Å². The van der Waals surface area contributed by atoms with Crippen molar-refractivity contribution in [2.45, 2.75) is 38.4 Å². The smallest absolute Gasteiger partial charge is 0.327 e. The molecule has 0 spiro atoms. The van der Waals surface area contributed by atoms with Gasteiger partial charge in [0.15, 0.2) is 0 Å². The number of fused-ring (bicyclic) bond motifs is 1. The Bertz CT molecular complexity index is 381. The van der Waals surface area contributed by atoms with Gasteiger partial charge in [-0.1, -0.05) is 0 Å². The van der Waals surface area contributed by atoms with Crippen LogP contribution in [0.2, 0.25) is 0 Å². The van der Waals surface area contributed by atoms with Gasteiger partial charge in [-0.3, -0.25) is 0 Å². The maximum atomic E-state index is 12.7. The Kier molecular flexibility index (Phi) is 2.55. The van der Waals surface area contributed by atoms with Crippen LogP contribution >= 0.6 is 11.3 Å². The van der Waals surface area contributed by atoms with Crippen LogP contribution in [0.5, 0.6) is 0 Å². The lowest BCUT2D eigenvalue weighted by molar-refractivity contribution is -0.138. The summed E-state index contributed by atoms with van der Waals surface area (Å²) < 4.78 is 38.2. The van der Waals surface area contributed by atoms with Crippen molar-refractivity contribution in [3.63, 3.8) is 0 Å². The van der Waals surface area contributed by atoms with Crippen molar-refractivity contribution in [1.82, 2.24) is 0 Å². The molecule has 0 bridgehead atoms. The van der Waals surface area contributed by atoms with Crippen LogP contribution in [0.1, 0.15) is 27.3 Å². The van der Waals surface area contributed by atoms with E-state index in [1.54, 1.807) is 0 Å². The molecule has 1 unspecified atom stereocenters. The maximum Gasteiger partial charge on any atom is 0.417 e. The minimum Gasteiger partial charge on any atom is -0.327 e. The molecule has 2 rings (SSSR count). The summed E-state index contributed by atoms with van der Waals surface area (Å²) in [7, 11) is 0. The fraction of sp³-hybridized carbons (Fsp3) is 0.600. The van der Waals surface area contributed by atoms with Gasteiger partial charge >= 0.3 is 6.18 Å². The lowest BCUT2D eigenvalue weighted by atomic mass is 9.92. The van der Waals surface area contributed by atoms with E-state index in [0.29, 0.717) is 29.7 Å². The lowest BCUT2D eigenvalue weighted by Gasteiger charge is -2.19. The Hall–Kier alpha value is -0.550. The molecule has 1 aliphatic carbocycles. The molecule has 0 saturated carbocycles. The monoisotopic (exact) mass is 235 g/mol. The number of aryl methyl sites for hydroxylation is 1. The fourth-order valence-electron chi connectivity index (χ4n) is 2.12. The van der Waals surface area contributed by atoms with Crippen molar-refractivity contribution in [1.29, 1.82) is 0 Å². The zero-order valence-electron chi connectivity index (χ0n) is 8.32. The molecule has 0 aliphatic heterocycles. The molecule has 0 aromatic carbocycles. The summed E-state index contributed by atoms with van der Waals surface area (Å²) >= 11 is 1.25. The maximum absolute atomic E-state index is 12.7. The SMILES string of the molecule is Cc1sc2c(c1C(F)(F)F)CCC(N)C2. The van der Waals surface area contributed by atoms with E-state index in [9.17, 15) is 13.2 Å². The Morgan fingerprint density at radius 1 is 1.40 bits per heavy atom. The van der Waals surface area contributed by atoms with E-state index in [1.807, 2.05) is 0 Å². The van der Waals surface area contributed by atoms with Crippen molar-refractivity contribution in [3.8, 4) is 0 Å². The Balaban J connectivity index is 2.49. The van der Waals surface area contributed by atoms with Gasteiger partial charge in [0.2, 0.25) is 0 Å². The number of hydrogen-bond acceptors (Lipinski definition) is 2. The minimum absolute atomic E-state index is 0.0247. The molecule has 5 heteroatoms. The van der Waals surface area contributed by atoms with E-state index in [-0.39, 0.29) is 6.04 Å². The van der Waals surface area contributed by atoms with Crippen molar-refractivity contribution in [2.24, 2.45) is 5.73 Å². The summed E-state index contributed by atoms with van der Waals surface area (Å²) in [6.07, 6.45) is -2.49. The zero-order chi connectivity index (χ0) is 11.2. The van der Waals surface area contributed by atoms with Gasteiger partial charge in [-0.15, -0.1) is 11.3 Å². The summed E-state index contributed by atoms with van der Waals surface area (Å²) in [6, 6.07) is 0.0247. The average molecular weight is 235 g/mol. The van der Waals surface area contributed by atoms with E-state index < -0.39 is 11.7 Å². The van der Waals surface area contributed by atoms with Gasteiger partial charge in [0.05, 0.1) is 5.56 Å². The predicted octanol–water partition coefficient (Wildman–Crippen LogP) is 2.89. The number of thiophene rings is 1. The van der Waals surface area contributed by atoms with E-state index in [0.717, 1.165) is 4.88 Å². The molecule has 15 heavy (non-hydrogen) atoms. The molecule has 0 fully saturated rings. The van der Waals surface area contributed by atoms with Gasteiger partial charge in [-0.25, -0.2) is 0 Å². The van der Waals surface area contributed by atoms with Gasteiger partial charge in [0.1, 0.15) is 0 Å². The number of hydrogen-bond donors (Lipinski definition) is 1. The standard InChI is InChI=1S/C10H12F3NS/c1-5-9(10(11,12)13)7-3-2-6(14)4-8(7)15-5/h6H,2-4,14H2,1H3. The summed E-state index contributed by atoms with van der Waals surface area (Å²) in [5, 5.41) is 0. The molecule has 1 heterocycles. The van der Waals surface area contributed by atoms with Gasteiger partial charge in [-0.05, 0) is 31.7 Å². The van der Waals surface area contributed by atoms with Crippen LogP contribution in [0.15, 0.2) is 0 Å². The normalized spacial score (nSPS) is 21.5. The van der Waals surface area contributed by atoms with Gasteiger partial charge < -0.3 is 5.73 Å². The summed E-state index contributed by atoms with van der Waals surface area (Å²) in [4.78, 5) is 1.21. The third-order valence-corrected chi connectivity index (χ3v) is 3.93. The van der Waals surface area contributed by atoms with Crippen molar-refractivity contribution in [2.75, 3.05) is 0 Å². The molecule has 0 radical (unpaired) electrons. The predicted molar refractivity (Wildman–Crippen MR) is 54.1 cm³/mol. The van der Waals surface area contributed by atoms with Crippen LogP contribution in [0, 0.1) is 6.92 Å². The zero-order valence-corrected chi connectivity index (χ0v) is 9.13. The summed E-state index contributed by atoms with van der Waals surface area (Å²) in [5.74, 6) is 0. The lowest BCUT2D eigenvalue weighted by Crippen LogP contribution is -2.27. The van der Waals surface area contributed by atoms with Gasteiger partial charge in [0.25, 0.3) is 0 Å². The third-order valence-electron chi connectivity index (χ3n) is 2.76. The Labute approximate surface area is 90.1 Å². The number of rotatable bonds is 0. The van der Waals surface area contributed by atoms with Crippen molar-refractivity contribution < 1.29 is 13.2 Å². The van der Waals surface area contributed by atoms with Crippen LogP contribution in [0.25, 0.3) is 0 Å². The highest BCUT2D eigenvalue weighted by Crippen LogP contribution is 2.42. The highest BCUT2D eigenvalue weighted by atomic mass is 32.1. The van der Waals surface area contributed by atoms with Crippen LogP contribution in [0.3, 0.4) is 0 Å². The van der Waals surface area contributed by atoms with Crippen molar-refractivity contribution >= 4 is 11.3 Å². The molecule has 84 valence electrons. The molecule has 1 atom stereocenters. The largest absolute Gasteiger partial charge is 0.417 e. The molecular formula is C10H12F3NS. The third kappa shape index (κ3) is 1.90. The highest BCUT2D eigenvalue weighted by Gasteiger charge is 2.38. The molecule has 2 N–H and O–H groups in total. The second-order valence-corrected chi connectivity index (χ2v) is 5.24. The van der Waals surface area contributed by atoms with E-state index >= 15 is 0 Å². The van der Waals surface area contributed by atoms with Crippen molar-refractivity contribution in [3.05, 3.63) is 20.9 Å². The highest BCUT2D eigenvalue weighted by molar-refractivity contribution is 7.12. The second-order valence-electron chi connectivity index (χ2n) is 3.94. The molecular weight excluding hydrogens is 223 g/mol. The first kappa shape index (κ1) is 11.0. The van der Waals surface area contributed by atoms with Crippen LogP contribution in [-0.2, 0) is 19.0 Å². The van der Waals surface area contributed by atoms with Gasteiger partial charge in [-0.2, -0.15) is 13.2 Å². The van der Waals surface area contributed by atoms with E-state index in [2.05, 4.69) is 0 Å². The number of halogens is 3. The minimum atomic E-state index is -4.21. The molecule has 0 saturated heterocycles. The van der Waals surface area contributed by atoms with E-state index in [1.165, 1.54) is 18.3 Å².